The fourth-order valence-corrected chi connectivity index (χ4v) is 4.10. The normalized spacial score (nSPS) is 18.2. The molecule has 9 heteroatoms. The molecule has 31 heavy (non-hydrogen) atoms. The summed E-state index contributed by atoms with van der Waals surface area (Å²) in [6.07, 6.45) is 9.12. The van der Waals surface area contributed by atoms with Crippen molar-refractivity contribution in [3.05, 3.63) is 71.3 Å². The number of ketones is 1. The highest BCUT2D eigenvalue weighted by molar-refractivity contribution is 6.46. The lowest BCUT2D eigenvalue weighted by Gasteiger charge is -2.25. The summed E-state index contributed by atoms with van der Waals surface area (Å²) in [6, 6.07) is 2.83. The Bertz CT molecular complexity index is 1150. The molecule has 1 aliphatic heterocycles. The van der Waals surface area contributed by atoms with Crippen LogP contribution in [-0.2, 0) is 23.2 Å². The van der Waals surface area contributed by atoms with Crippen LogP contribution < -0.4 is 0 Å². The summed E-state index contributed by atoms with van der Waals surface area (Å²) in [5.41, 5.74) is 2.60. The maximum absolute atomic E-state index is 13.1. The standard InChI is InChI=1S/C22H24N6O3/c1-14-17(15(2)26(3)25-14)20(29)18-19(16-5-7-23-8-6-16)28(22(31)21(18)30)11-4-10-27-12-9-24-13-27/h5-9,12-13,19,29H,4,10-11H2,1-3H3/t19-/m0/s1. The number of amides is 1. The van der Waals surface area contributed by atoms with Gasteiger partial charge in [0, 0.05) is 50.6 Å². The van der Waals surface area contributed by atoms with Gasteiger partial charge in [-0.3, -0.25) is 19.3 Å². The zero-order valence-electron chi connectivity index (χ0n) is 17.7. The number of hydrogen-bond acceptors (Lipinski definition) is 6. The van der Waals surface area contributed by atoms with Crippen molar-refractivity contribution in [3.8, 4) is 0 Å². The molecular formula is C22H24N6O3. The molecule has 0 aromatic carbocycles. The molecule has 1 saturated heterocycles. The Morgan fingerprint density at radius 3 is 2.45 bits per heavy atom. The molecule has 9 nitrogen and oxygen atoms in total. The number of imidazole rings is 1. The van der Waals surface area contributed by atoms with Crippen LogP contribution in [0.1, 0.15) is 35.0 Å². The third kappa shape index (κ3) is 3.63. The second kappa shape index (κ2) is 8.17. The SMILES string of the molecule is Cc1nn(C)c(C)c1C(O)=C1C(=O)C(=O)N(CCCn2ccnc2)[C@H]1c1ccncc1. The molecule has 0 aliphatic carbocycles. The van der Waals surface area contributed by atoms with Crippen molar-refractivity contribution in [1.29, 1.82) is 0 Å². The summed E-state index contributed by atoms with van der Waals surface area (Å²) in [5.74, 6) is -1.50. The molecular weight excluding hydrogens is 396 g/mol. The van der Waals surface area contributed by atoms with Crippen molar-refractivity contribution in [1.82, 2.24) is 29.2 Å². The van der Waals surface area contributed by atoms with Crippen LogP contribution >= 0.6 is 0 Å². The lowest BCUT2D eigenvalue weighted by Crippen LogP contribution is -2.31. The highest BCUT2D eigenvalue weighted by Gasteiger charge is 2.46. The quantitative estimate of drug-likeness (QED) is 0.372. The average Bonchev–Trinajstić information content (AvgIpc) is 3.43. The van der Waals surface area contributed by atoms with Gasteiger partial charge in [0.2, 0.25) is 0 Å². The van der Waals surface area contributed by atoms with Crippen molar-refractivity contribution in [2.24, 2.45) is 7.05 Å². The number of Topliss-reactive ketones (excluding diaryl/α,β-unsaturated/α-hetero) is 1. The van der Waals surface area contributed by atoms with E-state index in [0.717, 1.165) is 11.3 Å². The van der Waals surface area contributed by atoms with Gasteiger partial charge in [-0.2, -0.15) is 5.10 Å². The Kier molecular flexibility index (Phi) is 5.41. The second-order valence-electron chi connectivity index (χ2n) is 7.60. The molecule has 4 heterocycles. The van der Waals surface area contributed by atoms with E-state index in [1.54, 1.807) is 55.7 Å². The number of carbonyl (C=O) groups excluding carboxylic acids is 2. The molecule has 0 spiro atoms. The zero-order chi connectivity index (χ0) is 22.1. The van der Waals surface area contributed by atoms with Crippen molar-refractivity contribution in [2.45, 2.75) is 32.9 Å². The van der Waals surface area contributed by atoms with E-state index in [0.29, 0.717) is 30.8 Å². The van der Waals surface area contributed by atoms with Crippen LogP contribution in [-0.4, -0.2) is 52.6 Å². The first-order chi connectivity index (χ1) is 14.9. The zero-order valence-corrected chi connectivity index (χ0v) is 17.7. The molecule has 1 N–H and O–H groups in total. The van der Waals surface area contributed by atoms with Crippen molar-refractivity contribution >= 4 is 17.4 Å². The maximum Gasteiger partial charge on any atom is 0.295 e. The van der Waals surface area contributed by atoms with E-state index >= 15 is 0 Å². The largest absolute Gasteiger partial charge is 0.507 e. The van der Waals surface area contributed by atoms with E-state index in [9.17, 15) is 14.7 Å². The fourth-order valence-electron chi connectivity index (χ4n) is 4.10. The van der Waals surface area contributed by atoms with Gasteiger partial charge in [0.15, 0.2) is 0 Å². The van der Waals surface area contributed by atoms with E-state index in [2.05, 4.69) is 15.1 Å². The number of rotatable bonds is 6. The minimum Gasteiger partial charge on any atom is -0.507 e. The Balaban J connectivity index is 1.76. The molecule has 4 rings (SSSR count). The average molecular weight is 420 g/mol. The van der Waals surface area contributed by atoms with Crippen LogP contribution in [0.15, 0.2) is 48.8 Å². The van der Waals surface area contributed by atoms with Gasteiger partial charge >= 0.3 is 0 Å². The summed E-state index contributed by atoms with van der Waals surface area (Å²) in [6.45, 7) is 4.60. The number of aryl methyl sites for hydroxylation is 3. The third-order valence-electron chi connectivity index (χ3n) is 5.68. The van der Waals surface area contributed by atoms with Crippen LogP contribution in [0, 0.1) is 13.8 Å². The topological polar surface area (TPSA) is 106 Å². The number of aliphatic hydroxyl groups is 1. The molecule has 1 fully saturated rings. The van der Waals surface area contributed by atoms with Gasteiger partial charge < -0.3 is 14.6 Å². The lowest BCUT2D eigenvalue weighted by atomic mass is 9.95. The first kappa shape index (κ1) is 20.5. The Morgan fingerprint density at radius 2 is 1.84 bits per heavy atom. The number of carbonyl (C=O) groups is 2. The first-order valence-electron chi connectivity index (χ1n) is 10.0. The van der Waals surface area contributed by atoms with Gasteiger partial charge in [0.25, 0.3) is 11.7 Å². The molecule has 0 radical (unpaired) electrons. The summed E-state index contributed by atoms with van der Waals surface area (Å²) in [4.78, 5) is 35.6. The van der Waals surface area contributed by atoms with Crippen LogP contribution in [0.3, 0.4) is 0 Å². The maximum atomic E-state index is 13.1. The first-order valence-corrected chi connectivity index (χ1v) is 10.0. The summed E-state index contributed by atoms with van der Waals surface area (Å²) >= 11 is 0. The van der Waals surface area contributed by atoms with Crippen LogP contribution in [0.5, 0.6) is 0 Å². The smallest absolute Gasteiger partial charge is 0.295 e. The van der Waals surface area contributed by atoms with E-state index in [1.807, 2.05) is 17.7 Å². The summed E-state index contributed by atoms with van der Waals surface area (Å²) in [5, 5.41) is 15.5. The van der Waals surface area contributed by atoms with Gasteiger partial charge in [0.05, 0.1) is 29.2 Å². The number of hydrogen-bond donors (Lipinski definition) is 1. The van der Waals surface area contributed by atoms with E-state index < -0.39 is 17.7 Å². The van der Waals surface area contributed by atoms with E-state index in [4.69, 9.17) is 0 Å². The Labute approximate surface area is 179 Å². The molecule has 0 bridgehead atoms. The van der Waals surface area contributed by atoms with E-state index in [1.165, 1.54) is 4.90 Å². The predicted molar refractivity (Wildman–Crippen MR) is 113 cm³/mol. The van der Waals surface area contributed by atoms with Crippen LogP contribution in [0.4, 0.5) is 0 Å². The predicted octanol–water partition coefficient (Wildman–Crippen LogP) is 2.14. The minimum atomic E-state index is -0.690. The molecule has 1 aliphatic rings. The molecule has 0 saturated carbocycles. The van der Waals surface area contributed by atoms with Crippen LogP contribution in [0.25, 0.3) is 5.76 Å². The molecule has 3 aromatic heterocycles. The lowest BCUT2D eigenvalue weighted by molar-refractivity contribution is -0.139. The van der Waals surface area contributed by atoms with Gasteiger partial charge in [-0.1, -0.05) is 0 Å². The summed E-state index contributed by atoms with van der Waals surface area (Å²) < 4.78 is 3.56. The fraction of sp³-hybridized carbons (Fsp3) is 0.318. The highest BCUT2D eigenvalue weighted by Crippen LogP contribution is 2.40. The van der Waals surface area contributed by atoms with Crippen LogP contribution in [0.2, 0.25) is 0 Å². The monoisotopic (exact) mass is 420 g/mol. The second-order valence-corrected chi connectivity index (χ2v) is 7.60. The Morgan fingerprint density at radius 1 is 1.10 bits per heavy atom. The van der Waals surface area contributed by atoms with Gasteiger partial charge in [-0.05, 0) is 38.0 Å². The minimum absolute atomic E-state index is 0.0815. The summed E-state index contributed by atoms with van der Waals surface area (Å²) in [7, 11) is 1.77. The van der Waals surface area contributed by atoms with Gasteiger partial charge in [-0.15, -0.1) is 0 Å². The molecule has 0 unspecified atom stereocenters. The number of aliphatic hydroxyl groups excluding tert-OH is 1. The number of likely N-dealkylation sites (tertiary alicyclic amines) is 1. The van der Waals surface area contributed by atoms with Crippen molar-refractivity contribution in [3.63, 3.8) is 0 Å². The van der Waals surface area contributed by atoms with Gasteiger partial charge in [0.1, 0.15) is 5.76 Å². The number of pyridine rings is 1. The van der Waals surface area contributed by atoms with E-state index in [-0.39, 0.29) is 11.3 Å². The molecule has 1 atom stereocenters. The molecule has 160 valence electrons. The molecule has 3 aromatic rings. The molecule has 1 amide bonds. The van der Waals surface area contributed by atoms with Crippen molar-refractivity contribution in [2.75, 3.05) is 6.54 Å². The highest BCUT2D eigenvalue weighted by atomic mass is 16.3. The number of nitrogens with zero attached hydrogens (tertiary/aromatic N) is 6. The van der Waals surface area contributed by atoms with Crippen molar-refractivity contribution < 1.29 is 14.7 Å². The number of aromatic nitrogens is 5. The van der Waals surface area contributed by atoms with Gasteiger partial charge in [-0.25, -0.2) is 4.98 Å². The Hall–Kier alpha value is -3.75. The third-order valence-corrected chi connectivity index (χ3v) is 5.68.